The Labute approximate surface area is 127 Å². The van der Waals surface area contributed by atoms with E-state index in [1.54, 1.807) is 12.1 Å². The lowest BCUT2D eigenvalue weighted by Crippen LogP contribution is -2.24. The van der Waals surface area contributed by atoms with Gasteiger partial charge in [-0.3, -0.25) is 4.79 Å². The molecule has 1 N–H and O–H groups in total. The maximum absolute atomic E-state index is 11.8. The summed E-state index contributed by atoms with van der Waals surface area (Å²) in [4.78, 5) is 11.8. The zero-order chi connectivity index (χ0) is 14.9. The summed E-state index contributed by atoms with van der Waals surface area (Å²) in [5.74, 6) is 1.03. The van der Waals surface area contributed by atoms with Crippen molar-refractivity contribution in [3.63, 3.8) is 0 Å². The van der Waals surface area contributed by atoms with Crippen LogP contribution >= 0.6 is 0 Å². The zero-order valence-corrected chi connectivity index (χ0v) is 12.6. The van der Waals surface area contributed by atoms with Crippen molar-refractivity contribution in [3.8, 4) is 6.07 Å². The molecule has 1 aliphatic rings. The van der Waals surface area contributed by atoms with E-state index in [-0.39, 0.29) is 5.91 Å². The molecule has 2 rings (SSSR count). The monoisotopic (exact) mass is 284 g/mol. The first-order valence-corrected chi connectivity index (χ1v) is 8.03. The van der Waals surface area contributed by atoms with Gasteiger partial charge in [-0.1, -0.05) is 37.8 Å². The molecule has 0 saturated heterocycles. The summed E-state index contributed by atoms with van der Waals surface area (Å²) in [5.41, 5.74) is 1.77. The molecule has 1 fully saturated rings. The molecule has 3 heteroatoms. The van der Waals surface area contributed by atoms with Gasteiger partial charge in [0.25, 0.3) is 0 Å². The van der Waals surface area contributed by atoms with Gasteiger partial charge in [0.05, 0.1) is 11.6 Å². The number of aryl methyl sites for hydroxylation is 1. The number of benzene rings is 1. The Bertz CT molecular complexity index is 481. The lowest BCUT2D eigenvalue weighted by atomic mass is 10.0. The maximum atomic E-state index is 11.8. The van der Waals surface area contributed by atoms with E-state index in [1.807, 2.05) is 12.1 Å². The van der Waals surface area contributed by atoms with Gasteiger partial charge in [-0.2, -0.15) is 5.26 Å². The molecular formula is C18H24N2O. The van der Waals surface area contributed by atoms with E-state index in [0.717, 1.165) is 30.9 Å². The first kappa shape index (κ1) is 15.6. The van der Waals surface area contributed by atoms with Crippen LogP contribution in [-0.2, 0) is 11.2 Å². The van der Waals surface area contributed by atoms with Crippen LogP contribution in [0, 0.1) is 17.2 Å². The summed E-state index contributed by atoms with van der Waals surface area (Å²) in [6, 6.07) is 9.54. The van der Waals surface area contributed by atoms with E-state index in [1.165, 1.54) is 32.1 Å². The molecule has 0 heterocycles. The Morgan fingerprint density at radius 2 is 1.95 bits per heavy atom. The van der Waals surface area contributed by atoms with Crippen molar-refractivity contribution in [2.45, 2.75) is 51.4 Å². The molecule has 1 aromatic carbocycles. The maximum Gasteiger partial charge on any atom is 0.220 e. The van der Waals surface area contributed by atoms with Crippen LogP contribution in [0.5, 0.6) is 0 Å². The Balaban J connectivity index is 1.57. The van der Waals surface area contributed by atoms with E-state index >= 15 is 0 Å². The number of amides is 1. The van der Waals surface area contributed by atoms with Crippen LogP contribution in [0.1, 0.15) is 56.1 Å². The van der Waals surface area contributed by atoms with Gasteiger partial charge in [-0.05, 0) is 42.9 Å². The topological polar surface area (TPSA) is 52.9 Å². The summed E-state index contributed by atoms with van der Waals surface area (Å²) < 4.78 is 0. The number of hydrogen-bond acceptors (Lipinski definition) is 2. The highest BCUT2D eigenvalue weighted by molar-refractivity contribution is 5.76. The first-order valence-electron chi connectivity index (χ1n) is 8.03. The lowest BCUT2D eigenvalue weighted by molar-refractivity contribution is -0.121. The molecule has 21 heavy (non-hydrogen) atoms. The normalized spacial score (nSPS) is 14.8. The predicted octanol–water partition coefficient (Wildman–Crippen LogP) is 3.58. The minimum Gasteiger partial charge on any atom is -0.356 e. The van der Waals surface area contributed by atoms with Gasteiger partial charge >= 0.3 is 0 Å². The molecule has 0 spiro atoms. The number of carbonyl (C=O) groups excluding carboxylic acids is 1. The lowest BCUT2D eigenvalue weighted by Gasteiger charge is -2.09. The number of carbonyl (C=O) groups is 1. The molecule has 0 aromatic heterocycles. The average Bonchev–Trinajstić information content (AvgIpc) is 3.03. The van der Waals surface area contributed by atoms with Gasteiger partial charge in [0.15, 0.2) is 0 Å². The van der Waals surface area contributed by atoms with E-state index in [4.69, 9.17) is 5.26 Å². The minimum atomic E-state index is 0.130. The Kier molecular flexibility index (Phi) is 6.27. The van der Waals surface area contributed by atoms with Crippen LogP contribution in [0.4, 0.5) is 0 Å². The van der Waals surface area contributed by atoms with Crippen molar-refractivity contribution in [2.75, 3.05) is 6.54 Å². The van der Waals surface area contributed by atoms with Gasteiger partial charge in [0, 0.05) is 13.0 Å². The van der Waals surface area contributed by atoms with Gasteiger partial charge < -0.3 is 5.32 Å². The zero-order valence-electron chi connectivity index (χ0n) is 12.6. The van der Waals surface area contributed by atoms with Gasteiger partial charge in [0.1, 0.15) is 0 Å². The molecule has 1 saturated carbocycles. The highest BCUT2D eigenvalue weighted by Gasteiger charge is 2.14. The fourth-order valence-electron chi connectivity index (χ4n) is 3.01. The third-order valence-electron chi connectivity index (χ3n) is 4.31. The van der Waals surface area contributed by atoms with E-state index < -0.39 is 0 Å². The van der Waals surface area contributed by atoms with Crippen LogP contribution < -0.4 is 5.32 Å². The minimum absolute atomic E-state index is 0.130. The van der Waals surface area contributed by atoms with Crippen LogP contribution in [-0.4, -0.2) is 12.5 Å². The second-order valence-electron chi connectivity index (χ2n) is 5.95. The molecular weight excluding hydrogens is 260 g/mol. The van der Waals surface area contributed by atoms with Gasteiger partial charge in [-0.15, -0.1) is 0 Å². The number of hydrogen-bond donors (Lipinski definition) is 1. The molecule has 0 radical (unpaired) electrons. The summed E-state index contributed by atoms with van der Waals surface area (Å²) in [6.07, 6.45) is 9.17. The SMILES string of the molecule is N#Cc1ccc(CCC(=O)NCCCC2CCCC2)cc1. The molecule has 3 nitrogen and oxygen atoms in total. The molecule has 1 amide bonds. The van der Waals surface area contributed by atoms with Gasteiger partial charge in [0.2, 0.25) is 5.91 Å². The second kappa shape index (κ2) is 8.46. The number of nitrogens with one attached hydrogen (secondary N) is 1. The largest absolute Gasteiger partial charge is 0.356 e. The molecule has 1 aromatic rings. The molecule has 1 aliphatic carbocycles. The van der Waals surface area contributed by atoms with E-state index in [9.17, 15) is 4.79 Å². The summed E-state index contributed by atoms with van der Waals surface area (Å²) >= 11 is 0. The molecule has 0 unspecified atom stereocenters. The number of nitriles is 1. The average molecular weight is 284 g/mol. The van der Waals surface area contributed by atoms with Crippen molar-refractivity contribution in [3.05, 3.63) is 35.4 Å². The summed E-state index contributed by atoms with van der Waals surface area (Å²) in [7, 11) is 0. The van der Waals surface area contributed by atoms with Crippen LogP contribution in [0.25, 0.3) is 0 Å². The highest BCUT2D eigenvalue weighted by atomic mass is 16.1. The number of rotatable bonds is 7. The van der Waals surface area contributed by atoms with Crippen molar-refractivity contribution in [1.29, 1.82) is 5.26 Å². The standard InChI is InChI=1S/C18H24N2O/c19-14-17-9-7-16(8-10-17)11-12-18(21)20-13-3-6-15-4-1-2-5-15/h7-10,15H,1-6,11-13H2,(H,20,21). The Hall–Kier alpha value is -1.82. The van der Waals surface area contributed by atoms with Crippen LogP contribution in [0.3, 0.4) is 0 Å². The third-order valence-corrected chi connectivity index (χ3v) is 4.31. The van der Waals surface area contributed by atoms with Crippen molar-refractivity contribution >= 4 is 5.91 Å². The predicted molar refractivity (Wildman–Crippen MR) is 83.7 cm³/mol. The quantitative estimate of drug-likeness (QED) is 0.778. The fourth-order valence-corrected chi connectivity index (χ4v) is 3.01. The summed E-state index contributed by atoms with van der Waals surface area (Å²) in [5, 5.41) is 11.7. The van der Waals surface area contributed by atoms with Crippen molar-refractivity contribution in [1.82, 2.24) is 5.32 Å². The molecule has 112 valence electrons. The second-order valence-corrected chi connectivity index (χ2v) is 5.95. The highest BCUT2D eigenvalue weighted by Crippen LogP contribution is 2.28. The molecule has 0 bridgehead atoms. The van der Waals surface area contributed by atoms with Gasteiger partial charge in [-0.25, -0.2) is 0 Å². The first-order chi connectivity index (χ1) is 10.3. The fraction of sp³-hybridized carbons (Fsp3) is 0.556. The van der Waals surface area contributed by atoms with Crippen LogP contribution in [0.2, 0.25) is 0 Å². The van der Waals surface area contributed by atoms with Crippen LogP contribution in [0.15, 0.2) is 24.3 Å². The van der Waals surface area contributed by atoms with E-state index in [0.29, 0.717) is 12.0 Å². The van der Waals surface area contributed by atoms with Crippen molar-refractivity contribution in [2.24, 2.45) is 5.92 Å². The molecule has 0 aliphatic heterocycles. The smallest absolute Gasteiger partial charge is 0.220 e. The van der Waals surface area contributed by atoms with Crippen molar-refractivity contribution < 1.29 is 4.79 Å². The van der Waals surface area contributed by atoms with E-state index in [2.05, 4.69) is 11.4 Å². The molecule has 0 atom stereocenters. The Morgan fingerprint density at radius 1 is 1.24 bits per heavy atom. The summed E-state index contributed by atoms with van der Waals surface area (Å²) in [6.45, 7) is 0.808. The Morgan fingerprint density at radius 3 is 2.62 bits per heavy atom. The number of nitrogens with zero attached hydrogens (tertiary/aromatic N) is 1. The third kappa shape index (κ3) is 5.59.